The molecule has 1 N–H and O–H groups in total. The summed E-state index contributed by atoms with van der Waals surface area (Å²) >= 11 is 0. The SMILES string of the molecule is CCc1cc(=O)n2[nH]c(C3CCCCN3C(=O)Cc3nonc3C)cc2n1. The molecule has 0 aromatic carbocycles. The summed E-state index contributed by atoms with van der Waals surface area (Å²) in [6, 6.07) is 3.30. The van der Waals surface area contributed by atoms with E-state index in [1.165, 1.54) is 10.6 Å². The smallest absolute Gasteiger partial charge is 0.272 e. The maximum absolute atomic E-state index is 12.9. The Morgan fingerprint density at radius 1 is 1.33 bits per heavy atom. The molecule has 1 amide bonds. The van der Waals surface area contributed by atoms with E-state index in [0.717, 1.165) is 30.7 Å². The molecule has 4 heterocycles. The number of aryl methyl sites for hydroxylation is 2. The van der Waals surface area contributed by atoms with Gasteiger partial charge in [0, 0.05) is 24.4 Å². The minimum atomic E-state index is -0.138. The summed E-state index contributed by atoms with van der Waals surface area (Å²) in [6.45, 7) is 4.41. The van der Waals surface area contributed by atoms with Crippen molar-refractivity contribution in [2.45, 2.75) is 52.0 Å². The molecule has 0 aliphatic carbocycles. The highest BCUT2D eigenvalue weighted by atomic mass is 16.6. The fourth-order valence-corrected chi connectivity index (χ4v) is 3.62. The number of rotatable bonds is 4. The monoisotopic (exact) mass is 370 g/mol. The van der Waals surface area contributed by atoms with Crippen molar-refractivity contribution in [3.8, 4) is 0 Å². The van der Waals surface area contributed by atoms with Crippen molar-refractivity contribution in [3.63, 3.8) is 0 Å². The molecule has 0 bridgehead atoms. The lowest BCUT2D eigenvalue weighted by Crippen LogP contribution is -2.39. The summed E-state index contributed by atoms with van der Waals surface area (Å²) in [5.74, 6) is -0.0216. The average Bonchev–Trinajstić information content (AvgIpc) is 3.28. The van der Waals surface area contributed by atoms with Crippen LogP contribution in [0.3, 0.4) is 0 Å². The van der Waals surface area contributed by atoms with Gasteiger partial charge in [0.1, 0.15) is 11.4 Å². The second-order valence-corrected chi connectivity index (χ2v) is 6.92. The van der Waals surface area contributed by atoms with Gasteiger partial charge >= 0.3 is 0 Å². The van der Waals surface area contributed by atoms with Crippen LogP contribution in [0.4, 0.5) is 0 Å². The van der Waals surface area contributed by atoms with Crippen LogP contribution in [0.1, 0.15) is 55.0 Å². The van der Waals surface area contributed by atoms with Gasteiger partial charge in [0.15, 0.2) is 5.65 Å². The lowest BCUT2D eigenvalue weighted by molar-refractivity contribution is -0.134. The molecule has 9 heteroatoms. The Hall–Kier alpha value is -2.97. The number of carbonyl (C=O) groups is 1. The fraction of sp³-hybridized carbons (Fsp3) is 0.500. The van der Waals surface area contributed by atoms with Crippen LogP contribution in [0.5, 0.6) is 0 Å². The van der Waals surface area contributed by atoms with Gasteiger partial charge < -0.3 is 4.90 Å². The van der Waals surface area contributed by atoms with E-state index in [4.69, 9.17) is 4.63 Å². The fourth-order valence-electron chi connectivity index (χ4n) is 3.62. The number of aromatic nitrogens is 5. The molecular formula is C18H22N6O3. The lowest BCUT2D eigenvalue weighted by atomic mass is 9.98. The van der Waals surface area contributed by atoms with Crippen LogP contribution in [0.25, 0.3) is 5.65 Å². The first-order valence-corrected chi connectivity index (χ1v) is 9.26. The minimum Gasteiger partial charge on any atom is -0.334 e. The number of aromatic amines is 1. The molecule has 3 aromatic rings. The summed E-state index contributed by atoms with van der Waals surface area (Å²) in [4.78, 5) is 31.6. The van der Waals surface area contributed by atoms with Crippen molar-refractivity contribution >= 4 is 11.6 Å². The van der Waals surface area contributed by atoms with Crippen molar-refractivity contribution < 1.29 is 9.42 Å². The third kappa shape index (κ3) is 3.24. The molecule has 3 aromatic heterocycles. The molecule has 1 atom stereocenters. The molecular weight excluding hydrogens is 348 g/mol. The average molecular weight is 370 g/mol. The van der Waals surface area contributed by atoms with E-state index >= 15 is 0 Å². The van der Waals surface area contributed by atoms with E-state index in [-0.39, 0.29) is 23.9 Å². The molecule has 1 fully saturated rings. The van der Waals surface area contributed by atoms with Crippen LogP contribution in [-0.2, 0) is 17.6 Å². The number of nitrogens with one attached hydrogen (secondary N) is 1. The Balaban J connectivity index is 1.65. The molecule has 142 valence electrons. The predicted octanol–water partition coefficient (Wildman–Crippen LogP) is 1.57. The Morgan fingerprint density at radius 2 is 2.19 bits per heavy atom. The molecule has 0 saturated carbocycles. The number of hydrogen-bond donors (Lipinski definition) is 1. The van der Waals surface area contributed by atoms with Gasteiger partial charge in [-0.25, -0.2) is 14.1 Å². The van der Waals surface area contributed by atoms with Gasteiger partial charge in [-0.05, 0) is 32.6 Å². The van der Waals surface area contributed by atoms with Gasteiger partial charge in [-0.15, -0.1) is 0 Å². The Kier molecular flexibility index (Phi) is 4.51. The topological polar surface area (TPSA) is 109 Å². The number of likely N-dealkylation sites (tertiary alicyclic amines) is 1. The van der Waals surface area contributed by atoms with Crippen molar-refractivity contribution in [3.05, 3.63) is 45.3 Å². The highest BCUT2D eigenvalue weighted by Gasteiger charge is 2.30. The van der Waals surface area contributed by atoms with Crippen molar-refractivity contribution in [1.82, 2.24) is 29.8 Å². The van der Waals surface area contributed by atoms with Crippen molar-refractivity contribution in [1.29, 1.82) is 0 Å². The Labute approximate surface area is 155 Å². The normalized spacial score (nSPS) is 17.6. The number of amides is 1. The van der Waals surface area contributed by atoms with E-state index < -0.39 is 0 Å². The molecule has 1 unspecified atom stereocenters. The largest absolute Gasteiger partial charge is 0.334 e. The van der Waals surface area contributed by atoms with E-state index in [1.54, 1.807) is 6.92 Å². The van der Waals surface area contributed by atoms with Crippen LogP contribution in [0.15, 0.2) is 21.6 Å². The molecule has 9 nitrogen and oxygen atoms in total. The molecule has 4 rings (SSSR count). The zero-order valence-electron chi connectivity index (χ0n) is 15.4. The van der Waals surface area contributed by atoms with Gasteiger partial charge in [-0.1, -0.05) is 17.2 Å². The standard InChI is InChI=1S/C18H22N6O3/c1-3-12-8-18(26)24-16(19-12)9-14(20-24)15-6-4-5-7-23(15)17(25)10-13-11(2)21-27-22-13/h8-9,15,20H,3-7,10H2,1-2H3. The maximum Gasteiger partial charge on any atom is 0.272 e. The number of piperidine rings is 1. The molecule has 1 saturated heterocycles. The Morgan fingerprint density at radius 3 is 2.93 bits per heavy atom. The van der Waals surface area contributed by atoms with Crippen LogP contribution >= 0.6 is 0 Å². The summed E-state index contributed by atoms with van der Waals surface area (Å²) < 4.78 is 6.14. The number of H-pyrrole nitrogens is 1. The molecule has 1 aliphatic heterocycles. The van der Waals surface area contributed by atoms with Gasteiger partial charge in [0.2, 0.25) is 5.91 Å². The molecule has 1 aliphatic rings. The quantitative estimate of drug-likeness (QED) is 0.747. The number of nitrogens with zero attached hydrogens (tertiary/aromatic N) is 5. The van der Waals surface area contributed by atoms with Gasteiger partial charge in [0.05, 0.1) is 18.2 Å². The zero-order chi connectivity index (χ0) is 19.0. The number of hydrogen-bond acceptors (Lipinski definition) is 6. The highest BCUT2D eigenvalue weighted by Crippen LogP contribution is 2.31. The van der Waals surface area contributed by atoms with Crippen LogP contribution in [0.2, 0.25) is 0 Å². The minimum absolute atomic E-state index is 0.0216. The molecule has 27 heavy (non-hydrogen) atoms. The zero-order valence-corrected chi connectivity index (χ0v) is 15.4. The van der Waals surface area contributed by atoms with Gasteiger partial charge in [0.25, 0.3) is 5.56 Å². The van der Waals surface area contributed by atoms with E-state index in [2.05, 4.69) is 20.4 Å². The Bertz CT molecular complexity index is 1030. The van der Waals surface area contributed by atoms with Crippen LogP contribution in [-0.4, -0.2) is 42.3 Å². The first kappa shape index (κ1) is 17.4. The van der Waals surface area contributed by atoms with Crippen LogP contribution < -0.4 is 5.56 Å². The van der Waals surface area contributed by atoms with Crippen molar-refractivity contribution in [2.75, 3.05) is 6.54 Å². The first-order valence-electron chi connectivity index (χ1n) is 9.26. The second kappa shape index (κ2) is 6.98. The maximum atomic E-state index is 12.9. The number of carbonyl (C=O) groups excluding carboxylic acids is 1. The third-order valence-corrected chi connectivity index (χ3v) is 5.13. The van der Waals surface area contributed by atoms with Gasteiger partial charge in [-0.3, -0.25) is 14.7 Å². The predicted molar refractivity (Wildman–Crippen MR) is 96.2 cm³/mol. The summed E-state index contributed by atoms with van der Waals surface area (Å²) in [7, 11) is 0. The van der Waals surface area contributed by atoms with E-state index in [0.29, 0.717) is 30.0 Å². The van der Waals surface area contributed by atoms with E-state index in [1.807, 2.05) is 17.9 Å². The third-order valence-electron chi connectivity index (χ3n) is 5.13. The van der Waals surface area contributed by atoms with Crippen molar-refractivity contribution in [2.24, 2.45) is 0 Å². The summed E-state index contributed by atoms with van der Waals surface area (Å²) in [6.07, 6.45) is 3.67. The van der Waals surface area contributed by atoms with E-state index in [9.17, 15) is 9.59 Å². The number of fused-ring (bicyclic) bond motifs is 1. The summed E-state index contributed by atoms with van der Waals surface area (Å²) in [5, 5.41) is 10.7. The summed E-state index contributed by atoms with van der Waals surface area (Å²) in [5.41, 5.74) is 3.23. The van der Waals surface area contributed by atoms with Gasteiger partial charge in [-0.2, -0.15) is 0 Å². The highest BCUT2D eigenvalue weighted by molar-refractivity contribution is 5.79. The first-order chi connectivity index (χ1) is 13.1. The molecule has 0 radical (unpaired) electrons. The van der Waals surface area contributed by atoms with Crippen LogP contribution in [0, 0.1) is 6.92 Å². The lowest BCUT2D eigenvalue weighted by Gasteiger charge is -2.35. The second-order valence-electron chi connectivity index (χ2n) is 6.92. The molecule has 0 spiro atoms.